The van der Waals surface area contributed by atoms with Crippen molar-refractivity contribution in [3.63, 3.8) is 0 Å². The Morgan fingerprint density at radius 2 is 1.92 bits per heavy atom. The zero-order chi connectivity index (χ0) is 25.5. The molecule has 7 nitrogen and oxygen atoms in total. The van der Waals surface area contributed by atoms with Crippen LogP contribution in [0.25, 0.3) is 16.8 Å². The zero-order valence-corrected chi connectivity index (χ0v) is 20.2. The van der Waals surface area contributed by atoms with Crippen LogP contribution in [0.3, 0.4) is 0 Å². The molecule has 6 rings (SSSR count). The molecule has 1 unspecified atom stereocenters. The van der Waals surface area contributed by atoms with Gasteiger partial charge >= 0.3 is 0 Å². The first-order valence-corrected chi connectivity index (χ1v) is 12.5. The minimum Gasteiger partial charge on any atom is -0.339 e. The van der Waals surface area contributed by atoms with E-state index in [1.54, 1.807) is 35.8 Å². The quantitative estimate of drug-likeness (QED) is 0.375. The fraction of sp³-hybridized carbons (Fsp3) is 0.241. The van der Waals surface area contributed by atoms with Gasteiger partial charge in [0.1, 0.15) is 11.6 Å². The number of carbonyl (C=O) groups excluding carboxylic acids is 2. The highest BCUT2D eigenvalue weighted by molar-refractivity contribution is 6.04. The van der Waals surface area contributed by atoms with Gasteiger partial charge in [0.2, 0.25) is 5.91 Å². The van der Waals surface area contributed by atoms with E-state index in [1.807, 2.05) is 28.7 Å². The number of nitrogens with zero attached hydrogens (tertiary/aromatic N) is 4. The number of nitrogens with one attached hydrogen (secondary N) is 1. The maximum atomic E-state index is 15.4. The first kappa shape index (κ1) is 23.1. The van der Waals surface area contributed by atoms with Crippen molar-refractivity contribution in [2.75, 3.05) is 18.4 Å². The molecule has 4 heterocycles. The predicted octanol–water partition coefficient (Wildman–Crippen LogP) is 5.17. The number of hydrogen-bond acceptors (Lipinski definition) is 4. The smallest absolute Gasteiger partial charge is 0.256 e. The molecule has 2 fully saturated rings. The number of halogens is 1. The van der Waals surface area contributed by atoms with Crippen molar-refractivity contribution in [3.05, 3.63) is 96.3 Å². The van der Waals surface area contributed by atoms with E-state index in [9.17, 15) is 9.59 Å². The highest BCUT2D eigenvalue weighted by Gasteiger charge is 2.29. The molecule has 1 saturated heterocycles. The summed E-state index contributed by atoms with van der Waals surface area (Å²) in [5.41, 5.74) is 4.36. The number of fused-ring (bicyclic) bond motifs is 1. The van der Waals surface area contributed by atoms with Crippen LogP contribution < -0.4 is 5.32 Å². The van der Waals surface area contributed by atoms with Crippen molar-refractivity contribution in [1.29, 1.82) is 0 Å². The van der Waals surface area contributed by atoms with Crippen LogP contribution in [-0.2, 0) is 4.79 Å². The van der Waals surface area contributed by atoms with E-state index in [0.717, 1.165) is 35.9 Å². The number of carbonyl (C=O) groups is 2. The van der Waals surface area contributed by atoms with E-state index in [4.69, 9.17) is 0 Å². The lowest BCUT2D eigenvalue weighted by molar-refractivity contribution is -0.125. The van der Waals surface area contributed by atoms with Crippen molar-refractivity contribution in [2.45, 2.75) is 31.1 Å². The first-order valence-electron chi connectivity index (χ1n) is 12.5. The lowest BCUT2D eigenvalue weighted by atomic mass is 9.98. The molecule has 2 aliphatic rings. The van der Waals surface area contributed by atoms with Crippen molar-refractivity contribution in [1.82, 2.24) is 19.3 Å². The van der Waals surface area contributed by atoms with Gasteiger partial charge in [-0.1, -0.05) is 6.58 Å². The minimum atomic E-state index is -0.503. The second kappa shape index (κ2) is 9.28. The van der Waals surface area contributed by atoms with Gasteiger partial charge in [-0.25, -0.2) is 14.4 Å². The average molecular weight is 496 g/mol. The topological polar surface area (TPSA) is 79.6 Å². The monoisotopic (exact) mass is 495 g/mol. The summed E-state index contributed by atoms with van der Waals surface area (Å²) in [5, 5.41) is 2.79. The van der Waals surface area contributed by atoms with E-state index in [0.29, 0.717) is 36.1 Å². The van der Waals surface area contributed by atoms with Gasteiger partial charge in [-0.05, 0) is 84.8 Å². The molecular formula is C29H26FN5O2. The van der Waals surface area contributed by atoms with Crippen molar-refractivity contribution in [3.8, 4) is 11.3 Å². The second-order valence-corrected chi connectivity index (χ2v) is 9.69. The van der Waals surface area contributed by atoms with Gasteiger partial charge in [-0.15, -0.1) is 0 Å². The van der Waals surface area contributed by atoms with Gasteiger partial charge in [-0.2, -0.15) is 0 Å². The second-order valence-electron chi connectivity index (χ2n) is 9.69. The van der Waals surface area contributed by atoms with Crippen LogP contribution in [0.15, 0.2) is 73.8 Å². The standard InChI is InChI=1S/C29H26FN5O2/c1-2-28(36)34-12-9-21(16-34)23-15-26(35-17-31-10-8-25(23)35)22-6-5-20(13-24(22)30)29(37)33-27-14-19(7-11-32-27)18-3-4-18/h2,5-8,10-11,13-15,17-18,21H,1,3-4,9,12,16H2,(H,32,33,37). The highest BCUT2D eigenvalue weighted by Crippen LogP contribution is 2.40. The summed E-state index contributed by atoms with van der Waals surface area (Å²) in [5.74, 6) is 0.140. The normalized spacial score (nSPS) is 17.2. The summed E-state index contributed by atoms with van der Waals surface area (Å²) in [7, 11) is 0. The van der Waals surface area contributed by atoms with Crippen LogP contribution >= 0.6 is 0 Å². The summed E-state index contributed by atoms with van der Waals surface area (Å²) in [4.78, 5) is 35.2. The SMILES string of the molecule is C=CC(=O)N1CCC(c2cc(-c3ccc(C(=O)Nc4cc(C5CC5)ccn4)cc3F)n3cnccc23)C1. The van der Waals surface area contributed by atoms with Gasteiger partial charge in [0.15, 0.2) is 0 Å². The van der Waals surface area contributed by atoms with Crippen LogP contribution in [0.4, 0.5) is 10.2 Å². The summed E-state index contributed by atoms with van der Waals surface area (Å²) in [6, 6.07) is 12.2. The van der Waals surface area contributed by atoms with E-state index in [1.165, 1.54) is 12.1 Å². The van der Waals surface area contributed by atoms with E-state index in [2.05, 4.69) is 21.9 Å². The average Bonchev–Trinajstić information content (AvgIpc) is 3.54. The Morgan fingerprint density at radius 3 is 2.70 bits per heavy atom. The van der Waals surface area contributed by atoms with Crippen LogP contribution in [0, 0.1) is 5.82 Å². The van der Waals surface area contributed by atoms with Gasteiger partial charge in [0, 0.05) is 42.5 Å². The summed E-state index contributed by atoms with van der Waals surface area (Å²) in [6.45, 7) is 4.83. The number of anilines is 1. The van der Waals surface area contributed by atoms with E-state index >= 15 is 4.39 Å². The van der Waals surface area contributed by atoms with Crippen LogP contribution in [0.2, 0.25) is 0 Å². The third-order valence-corrected chi connectivity index (χ3v) is 7.30. The summed E-state index contributed by atoms with van der Waals surface area (Å²) < 4.78 is 17.3. The minimum absolute atomic E-state index is 0.0812. The molecule has 1 aromatic carbocycles. The number of hydrogen-bond donors (Lipinski definition) is 1. The molecular weight excluding hydrogens is 469 g/mol. The molecule has 1 N–H and O–H groups in total. The van der Waals surface area contributed by atoms with Gasteiger partial charge in [-0.3, -0.25) is 14.0 Å². The number of rotatable bonds is 6. The largest absolute Gasteiger partial charge is 0.339 e. The molecule has 0 spiro atoms. The Labute approximate surface area is 213 Å². The van der Waals surface area contributed by atoms with Gasteiger partial charge in [0.25, 0.3) is 5.91 Å². The molecule has 37 heavy (non-hydrogen) atoms. The Bertz CT molecular complexity index is 1540. The lowest BCUT2D eigenvalue weighted by Crippen LogP contribution is -2.26. The van der Waals surface area contributed by atoms with Gasteiger partial charge < -0.3 is 10.2 Å². The van der Waals surface area contributed by atoms with Crippen molar-refractivity contribution < 1.29 is 14.0 Å². The Balaban J connectivity index is 1.28. The number of aromatic nitrogens is 3. The van der Waals surface area contributed by atoms with Crippen LogP contribution in [0.5, 0.6) is 0 Å². The molecule has 8 heteroatoms. The van der Waals surface area contributed by atoms with Crippen LogP contribution in [0.1, 0.15) is 52.6 Å². The fourth-order valence-corrected chi connectivity index (χ4v) is 5.20. The molecule has 2 amide bonds. The Kier molecular flexibility index (Phi) is 5.79. The fourth-order valence-electron chi connectivity index (χ4n) is 5.20. The maximum absolute atomic E-state index is 15.4. The lowest BCUT2D eigenvalue weighted by Gasteiger charge is -2.13. The van der Waals surface area contributed by atoms with Crippen molar-refractivity contribution in [2.24, 2.45) is 0 Å². The predicted molar refractivity (Wildman–Crippen MR) is 139 cm³/mol. The molecule has 0 bridgehead atoms. The molecule has 0 radical (unpaired) electrons. The molecule has 1 aliphatic heterocycles. The molecule has 1 atom stereocenters. The Hall–Kier alpha value is -4.33. The number of benzene rings is 1. The zero-order valence-electron chi connectivity index (χ0n) is 20.2. The number of pyridine rings is 1. The third-order valence-electron chi connectivity index (χ3n) is 7.30. The molecule has 186 valence electrons. The molecule has 1 aliphatic carbocycles. The maximum Gasteiger partial charge on any atom is 0.256 e. The number of likely N-dealkylation sites (tertiary alicyclic amines) is 1. The number of amides is 2. The summed E-state index contributed by atoms with van der Waals surface area (Å²) >= 11 is 0. The summed E-state index contributed by atoms with van der Waals surface area (Å²) in [6.07, 6.45) is 9.52. The van der Waals surface area contributed by atoms with Crippen LogP contribution in [-0.4, -0.2) is 44.2 Å². The third kappa shape index (κ3) is 4.39. The molecule has 4 aromatic rings. The van der Waals surface area contributed by atoms with Crippen molar-refractivity contribution >= 4 is 23.1 Å². The van der Waals surface area contributed by atoms with Gasteiger partial charge in [0.05, 0.1) is 17.5 Å². The molecule has 1 saturated carbocycles. The first-order chi connectivity index (χ1) is 18.0. The van der Waals surface area contributed by atoms with E-state index < -0.39 is 11.7 Å². The van der Waals surface area contributed by atoms with E-state index in [-0.39, 0.29) is 17.4 Å². The molecule has 3 aromatic heterocycles. The highest BCUT2D eigenvalue weighted by atomic mass is 19.1. The Morgan fingerprint density at radius 1 is 1.05 bits per heavy atom.